The summed E-state index contributed by atoms with van der Waals surface area (Å²) < 4.78 is 0.625. The average Bonchev–Trinajstić information content (AvgIpc) is 2.20. The van der Waals surface area contributed by atoms with Crippen LogP contribution in [0.1, 0.15) is 22.8 Å². The molecular weight excluding hydrogens is 276 g/mol. The fourth-order valence-corrected chi connectivity index (χ4v) is 1.80. The molecule has 1 atom stereocenters. The fraction of sp³-hybridized carbons (Fsp3) is 0.273. The van der Waals surface area contributed by atoms with E-state index in [-0.39, 0.29) is 5.56 Å². The van der Waals surface area contributed by atoms with Gasteiger partial charge in [0.15, 0.2) is 0 Å². The number of hydrogen-bond acceptors (Lipinski definition) is 2. The van der Waals surface area contributed by atoms with Crippen molar-refractivity contribution < 1.29 is 19.8 Å². The molecule has 5 heteroatoms. The molecule has 0 heterocycles. The van der Waals surface area contributed by atoms with E-state index in [0.717, 1.165) is 5.56 Å². The van der Waals surface area contributed by atoms with E-state index in [2.05, 4.69) is 15.9 Å². The molecule has 1 rings (SSSR count). The molecule has 1 aromatic carbocycles. The van der Waals surface area contributed by atoms with Crippen LogP contribution in [0.2, 0.25) is 0 Å². The van der Waals surface area contributed by atoms with E-state index in [4.69, 9.17) is 10.2 Å². The topological polar surface area (TPSA) is 74.6 Å². The van der Waals surface area contributed by atoms with Crippen LogP contribution in [0, 0.1) is 5.92 Å². The quantitative estimate of drug-likeness (QED) is 0.891. The van der Waals surface area contributed by atoms with Crippen molar-refractivity contribution in [3.63, 3.8) is 0 Å². The molecule has 0 aliphatic heterocycles. The molecule has 0 spiro atoms. The Hall–Kier alpha value is -1.36. The molecule has 0 saturated heterocycles. The number of carboxylic acids is 2. The van der Waals surface area contributed by atoms with Crippen LogP contribution in [0.15, 0.2) is 22.7 Å². The van der Waals surface area contributed by atoms with Gasteiger partial charge in [0.25, 0.3) is 0 Å². The Bertz CT molecular complexity index is 428. The Labute approximate surface area is 101 Å². The van der Waals surface area contributed by atoms with Crippen molar-refractivity contribution in [2.24, 2.45) is 5.92 Å². The van der Waals surface area contributed by atoms with Crippen molar-refractivity contribution in [3.8, 4) is 0 Å². The second-order valence-electron chi connectivity index (χ2n) is 3.55. The lowest BCUT2D eigenvalue weighted by molar-refractivity contribution is -0.141. The molecule has 1 aromatic rings. The Morgan fingerprint density at radius 1 is 1.38 bits per heavy atom. The summed E-state index contributed by atoms with van der Waals surface area (Å²) in [5.74, 6) is -2.36. The standard InChI is InChI=1S/C11H11BrO4/c1-6(10(13)14)4-7-2-3-8(11(15)16)5-9(7)12/h2-3,5-6H,4H2,1H3,(H,13,14)(H,15,16). The second kappa shape index (κ2) is 5.12. The van der Waals surface area contributed by atoms with Gasteiger partial charge in [0.05, 0.1) is 11.5 Å². The number of hydrogen-bond donors (Lipinski definition) is 2. The number of halogens is 1. The lowest BCUT2D eigenvalue weighted by Crippen LogP contribution is -2.12. The van der Waals surface area contributed by atoms with Gasteiger partial charge in [-0.15, -0.1) is 0 Å². The first kappa shape index (κ1) is 12.7. The molecule has 4 nitrogen and oxygen atoms in total. The van der Waals surface area contributed by atoms with Crippen molar-refractivity contribution in [1.82, 2.24) is 0 Å². The first-order valence-electron chi connectivity index (χ1n) is 4.66. The van der Waals surface area contributed by atoms with Crippen molar-refractivity contribution >= 4 is 27.9 Å². The summed E-state index contributed by atoms with van der Waals surface area (Å²) in [5, 5.41) is 17.5. The number of benzene rings is 1. The number of aliphatic carboxylic acids is 1. The van der Waals surface area contributed by atoms with Gasteiger partial charge in [-0.05, 0) is 24.1 Å². The highest BCUT2D eigenvalue weighted by Gasteiger charge is 2.14. The highest BCUT2D eigenvalue weighted by Crippen LogP contribution is 2.21. The van der Waals surface area contributed by atoms with E-state index in [1.165, 1.54) is 12.1 Å². The minimum atomic E-state index is -1.00. The van der Waals surface area contributed by atoms with Gasteiger partial charge in [0.2, 0.25) is 0 Å². The average molecular weight is 287 g/mol. The van der Waals surface area contributed by atoms with Gasteiger partial charge in [0, 0.05) is 4.47 Å². The predicted octanol–water partition coefficient (Wildman–Crippen LogP) is 2.41. The maximum atomic E-state index is 10.7. The number of carbonyl (C=O) groups is 2. The zero-order valence-electron chi connectivity index (χ0n) is 8.61. The van der Waals surface area contributed by atoms with E-state index in [1.54, 1.807) is 13.0 Å². The smallest absolute Gasteiger partial charge is 0.335 e. The summed E-state index contributed by atoms with van der Waals surface area (Å²) in [4.78, 5) is 21.4. The summed E-state index contributed by atoms with van der Waals surface area (Å²) >= 11 is 3.24. The largest absolute Gasteiger partial charge is 0.481 e. The highest BCUT2D eigenvalue weighted by molar-refractivity contribution is 9.10. The monoisotopic (exact) mass is 286 g/mol. The summed E-state index contributed by atoms with van der Waals surface area (Å²) in [6, 6.07) is 4.58. The molecule has 0 aliphatic rings. The molecule has 86 valence electrons. The summed E-state index contributed by atoms with van der Waals surface area (Å²) in [6.07, 6.45) is 0.371. The third-order valence-corrected chi connectivity index (χ3v) is 2.99. The molecule has 2 N–H and O–H groups in total. The summed E-state index contributed by atoms with van der Waals surface area (Å²) in [6.45, 7) is 1.61. The van der Waals surface area contributed by atoms with Gasteiger partial charge in [-0.1, -0.05) is 28.9 Å². The lowest BCUT2D eigenvalue weighted by atomic mass is 10.0. The van der Waals surface area contributed by atoms with Crippen molar-refractivity contribution in [1.29, 1.82) is 0 Å². The van der Waals surface area contributed by atoms with Gasteiger partial charge in [-0.25, -0.2) is 4.79 Å². The van der Waals surface area contributed by atoms with Crippen LogP contribution in [0.25, 0.3) is 0 Å². The normalized spacial score (nSPS) is 12.1. The van der Waals surface area contributed by atoms with E-state index in [9.17, 15) is 9.59 Å². The van der Waals surface area contributed by atoms with E-state index < -0.39 is 17.9 Å². The molecule has 0 saturated carbocycles. The first-order chi connectivity index (χ1) is 7.41. The van der Waals surface area contributed by atoms with Crippen molar-refractivity contribution in [3.05, 3.63) is 33.8 Å². The Kier molecular flexibility index (Phi) is 4.06. The Morgan fingerprint density at radius 3 is 2.44 bits per heavy atom. The molecule has 0 amide bonds. The number of carboxylic acid groups (broad SMARTS) is 2. The van der Waals surface area contributed by atoms with Crippen LogP contribution in [0.3, 0.4) is 0 Å². The van der Waals surface area contributed by atoms with E-state index >= 15 is 0 Å². The minimum absolute atomic E-state index is 0.179. The zero-order chi connectivity index (χ0) is 12.3. The molecule has 0 aromatic heterocycles. The summed E-state index contributed by atoms with van der Waals surface area (Å²) in [7, 11) is 0. The fourth-order valence-electron chi connectivity index (χ4n) is 1.26. The Balaban J connectivity index is 2.91. The number of rotatable bonds is 4. The van der Waals surface area contributed by atoms with E-state index in [0.29, 0.717) is 10.9 Å². The van der Waals surface area contributed by atoms with Crippen LogP contribution in [-0.4, -0.2) is 22.2 Å². The van der Waals surface area contributed by atoms with Crippen molar-refractivity contribution in [2.75, 3.05) is 0 Å². The molecule has 1 unspecified atom stereocenters. The second-order valence-corrected chi connectivity index (χ2v) is 4.41. The summed E-state index contributed by atoms with van der Waals surface area (Å²) in [5.41, 5.74) is 0.971. The van der Waals surface area contributed by atoms with Gasteiger partial charge >= 0.3 is 11.9 Å². The lowest BCUT2D eigenvalue weighted by Gasteiger charge is -2.08. The van der Waals surface area contributed by atoms with Gasteiger partial charge < -0.3 is 10.2 Å². The van der Waals surface area contributed by atoms with Crippen LogP contribution in [0.5, 0.6) is 0 Å². The van der Waals surface area contributed by atoms with Gasteiger partial charge in [-0.3, -0.25) is 4.79 Å². The molecule has 0 fully saturated rings. The molecule has 0 aliphatic carbocycles. The molecular formula is C11H11BrO4. The molecule has 16 heavy (non-hydrogen) atoms. The Morgan fingerprint density at radius 2 is 2.00 bits per heavy atom. The van der Waals surface area contributed by atoms with Gasteiger partial charge in [0.1, 0.15) is 0 Å². The molecule has 0 radical (unpaired) electrons. The third kappa shape index (κ3) is 3.06. The van der Waals surface area contributed by atoms with E-state index in [1.807, 2.05) is 0 Å². The van der Waals surface area contributed by atoms with Gasteiger partial charge in [-0.2, -0.15) is 0 Å². The SMILES string of the molecule is CC(Cc1ccc(C(=O)O)cc1Br)C(=O)O. The van der Waals surface area contributed by atoms with Crippen LogP contribution in [-0.2, 0) is 11.2 Å². The molecule has 0 bridgehead atoms. The highest BCUT2D eigenvalue weighted by atomic mass is 79.9. The van der Waals surface area contributed by atoms with Crippen LogP contribution in [0.4, 0.5) is 0 Å². The third-order valence-electron chi connectivity index (χ3n) is 2.25. The van der Waals surface area contributed by atoms with Crippen LogP contribution < -0.4 is 0 Å². The number of aromatic carboxylic acids is 1. The maximum Gasteiger partial charge on any atom is 0.335 e. The zero-order valence-corrected chi connectivity index (χ0v) is 10.2. The minimum Gasteiger partial charge on any atom is -0.481 e. The predicted molar refractivity (Wildman–Crippen MR) is 61.6 cm³/mol. The first-order valence-corrected chi connectivity index (χ1v) is 5.45. The van der Waals surface area contributed by atoms with Crippen molar-refractivity contribution in [2.45, 2.75) is 13.3 Å². The van der Waals surface area contributed by atoms with Crippen LogP contribution >= 0.6 is 15.9 Å². The maximum absolute atomic E-state index is 10.7.